The van der Waals surface area contributed by atoms with Gasteiger partial charge in [-0.25, -0.2) is 0 Å². The molecule has 1 aliphatic rings. The molecule has 1 aromatic heterocycles. The topological polar surface area (TPSA) is 55.6 Å². The zero-order valence-corrected chi connectivity index (χ0v) is 12.3. The van der Waals surface area contributed by atoms with E-state index in [1.807, 2.05) is 17.5 Å². The van der Waals surface area contributed by atoms with Gasteiger partial charge in [0.05, 0.1) is 12.2 Å². The Kier molecular flexibility index (Phi) is 3.20. The summed E-state index contributed by atoms with van der Waals surface area (Å²) in [6, 6.07) is 7.33. The number of nitrogens with two attached hydrogens (primary N) is 1. The summed E-state index contributed by atoms with van der Waals surface area (Å²) in [5.41, 5.74) is 7.13. The van der Waals surface area contributed by atoms with Crippen LogP contribution < -0.4 is 15.4 Å². The molecule has 0 bridgehead atoms. The molecule has 0 saturated heterocycles. The number of nitrogen functional groups attached to an aromatic ring is 1. The maximum absolute atomic E-state index is 12.0. The number of hydrogen-bond donors (Lipinski definition) is 1. The summed E-state index contributed by atoms with van der Waals surface area (Å²) < 4.78 is 6.44. The van der Waals surface area contributed by atoms with E-state index in [2.05, 4.69) is 15.9 Å². The van der Waals surface area contributed by atoms with E-state index in [1.165, 1.54) is 0 Å². The third-order valence-electron chi connectivity index (χ3n) is 2.92. The zero-order valence-electron chi connectivity index (χ0n) is 9.93. The van der Waals surface area contributed by atoms with E-state index in [0.717, 1.165) is 15.0 Å². The van der Waals surface area contributed by atoms with E-state index >= 15 is 0 Å². The predicted octanol–water partition coefficient (Wildman–Crippen LogP) is 3.02. The average Bonchev–Trinajstić information content (AvgIpc) is 2.78. The van der Waals surface area contributed by atoms with Gasteiger partial charge >= 0.3 is 0 Å². The van der Waals surface area contributed by atoms with Crippen LogP contribution in [0, 0.1) is 0 Å². The summed E-state index contributed by atoms with van der Waals surface area (Å²) in [6.45, 7) is 0.594. The molecular weight excluding hydrogens is 328 g/mol. The van der Waals surface area contributed by atoms with E-state index < -0.39 is 0 Å². The second-order valence-electron chi connectivity index (χ2n) is 4.19. The number of hydrogen-bond acceptors (Lipinski definition) is 4. The van der Waals surface area contributed by atoms with Crippen LogP contribution in [0.1, 0.15) is 4.88 Å². The standard InChI is InChI=1S/C13H11BrN2O2S/c14-9-3-4-19-12(9)6-16-10-2-1-8(15)5-11(10)18-7-13(16)17/h1-5H,6-7,15H2. The predicted molar refractivity (Wildman–Crippen MR) is 79.6 cm³/mol. The SMILES string of the molecule is Nc1ccc2c(c1)OCC(=O)N2Cc1sccc1Br. The highest BCUT2D eigenvalue weighted by Gasteiger charge is 2.26. The van der Waals surface area contributed by atoms with Gasteiger partial charge in [0.1, 0.15) is 5.75 Å². The summed E-state index contributed by atoms with van der Waals surface area (Å²) in [7, 11) is 0. The molecule has 1 aliphatic heterocycles. The number of anilines is 2. The van der Waals surface area contributed by atoms with E-state index in [4.69, 9.17) is 10.5 Å². The van der Waals surface area contributed by atoms with Crippen molar-refractivity contribution >= 4 is 44.5 Å². The van der Waals surface area contributed by atoms with Crippen molar-refractivity contribution in [3.8, 4) is 5.75 Å². The second-order valence-corrected chi connectivity index (χ2v) is 6.04. The molecule has 2 heterocycles. The number of nitrogens with zero attached hydrogens (tertiary/aromatic N) is 1. The van der Waals surface area contributed by atoms with Gasteiger partial charge in [0.2, 0.25) is 0 Å². The van der Waals surface area contributed by atoms with Gasteiger partial charge in [0.15, 0.2) is 6.61 Å². The number of thiophene rings is 1. The summed E-state index contributed by atoms with van der Waals surface area (Å²) in [6.07, 6.45) is 0. The summed E-state index contributed by atoms with van der Waals surface area (Å²) in [4.78, 5) is 14.9. The molecule has 1 amide bonds. The lowest BCUT2D eigenvalue weighted by atomic mass is 10.2. The molecule has 0 radical (unpaired) electrons. The Hall–Kier alpha value is -1.53. The number of benzene rings is 1. The second kappa shape index (κ2) is 4.86. The van der Waals surface area contributed by atoms with Gasteiger partial charge in [0.25, 0.3) is 5.91 Å². The van der Waals surface area contributed by atoms with E-state index in [0.29, 0.717) is 18.0 Å². The maximum atomic E-state index is 12.0. The number of amides is 1. The number of ether oxygens (including phenoxy) is 1. The Bertz CT molecular complexity index is 641. The normalized spacial score (nSPS) is 14.2. The minimum Gasteiger partial charge on any atom is -0.481 e. The summed E-state index contributed by atoms with van der Waals surface area (Å²) in [5, 5.41) is 1.99. The number of halogens is 1. The molecule has 19 heavy (non-hydrogen) atoms. The van der Waals surface area contributed by atoms with Crippen molar-refractivity contribution in [1.29, 1.82) is 0 Å². The van der Waals surface area contributed by atoms with Gasteiger partial charge in [-0.1, -0.05) is 0 Å². The molecule has 0 unspecified atom stereocenters. The molecule has 2 N–H and O–H groups in total. The molecule has 0 fully saturated rings. The number of carbonyl (C=O) groups is 1. The summed E-state index contributed by atoms with van der Waals surface area (Å²) >= 11 is 5.10. The number of fused-ring (bicyclic) bond motifs is 1. The fraction of sp³-hybridized carbons (Fsp3) is 0.154. The Balaban J connectivity index is 1.97. The molecule has 6 heteroatoms. The monoisotopic (exact) mass is 338 g/mol. The molecule has 1 aromatic carbocycles. The first-order valence-electron chi connectivity index (χ1n) is 5.69. The fourth-order valence-electron chi connectivity index (χ4n) is 1.98. The molecule has 0 atom stereocenters. The van der Waals surface area contributed by atoms with Crippen LogP contribution in [0.2, 0.25) is 0 Å². The van der Waals surface area contributed by atoms with Gasteiger partial charge in [-0.15, -0.1) is 11.3 Å². The molecule has 0 spiro atoms. The highest BCUT2D eigenvalue weighted by molar-refractivity contribution is 9.10. The molecule has 0 aliphatic carbocycles. The summed E-state index contributed by atoms with van der Waals surface area (Å²) in [5.74, 6) is 0.616. The van der Waals surface area contributed by atoms with Crippen LogP contribution in [0.25, 0.3) is 0 Å². The highest BCUT2D eigenvalue weighted by atomic mass is 79.9. The first kappa shape index (κ1) is 12.5. The van der Waals surface area contributed by atoms with Crippen LogP contribution >= 0.6 is 27.3 Å². The minimum absolute atomic E-state index is 0.0439. The molecule has 4 nitrogen and oxygen atoms in total. The van der Waals surface area contributed by atoms with Crippen molar-refractivity contribution in [3.63, 3.8) is 0 Å². The number of carbonyl (C=O) groups excluding carboxylic acids is 1. The molecule has 0 saturated carbocycles. The van der Waals surface area contributed by atoms with Gasteiger partial charge in [0, 0.05) is 21.1 Å². The van der Waals surface area contributed by atoms with Crippen molar-refractivity contribution in [1.82, 2.24) is 0 Å². The first-order chi connectivity index (χ1) is 9.15. The smallest absolute Gasteiger partial charge is 0.265 e. The molecular formula is C13H11BrN2O2S. The largest absolute Gasteiger partial charge is 0.481 e. The van der Waals surface area contributed by atoms with Gasteiger partial charge in [-0.3, -0.25) is 4.79 Å². The fourth-order valence-corrected chi connectivity index (χ4v) is 3.44. The first-order valence-corrected chi connectivity index (χ1v) is 7.37. The van der Waals surface area contributed by atoms with Crippen LogP contribution in [0.4, 0.5) is 11.4 Å². The van der Waals surface area contributed by atoms with Crippen molar-refractivity contribution in [2.75, 3.05) is 17.2 Å². The number of rotatable bonds is 2. The minimum atomic E-state index is -0.0439. The lowest BCUT2D eigenvalue weighted by Gasteiger charge is -2.29. The molecule has 98 valence electrons. The molecule has 2 aromatic rings. The van der Waals surface area contributed by atoms with Gasteiger partial charge in [-0.2, -0.15) is 0 Å². The molecule has 3 rings (SSSR count). The Morgan fingerprint density at radius 2 is 2.26 bits per heavy atom. The average molecular weight is 339 g/mol. The van der Waals surface area contributed by atoms with Crippen LogP contribution in [0.5, 0.6) is 5.75 Å². The van der Waals surface area contributed by atoms with Crippen molar-refractivity contribution in [3.05, 3.63) is 39.0 Å². The van der Waals surface area contributed by atoms with Crippen molar-refractivity contribution in [2.24, 2.45) is 0 Å². The van der Waals surface area contributed by atoms with Gasteiger partial charge < -0.3 is 15.4 Å². The third-order valence-corrected chi connectivity index (χ3v) is 4.83. The lowest BCUT2D eigenvalue weighted by molar-refractivity contribution is -0.121. The quantitative estimate of drug-likeness (QED) is 0.856. The maximum Gasteiger partial charge on any atom is 0.265 e. The Morgan fingerprint density at radius 1 is 1.42 bits per heavy atom. The Labute approximate surface area is 122 Å². The van der Waals surface area contributed by atoms with Crippen LogP contribution in [0.15, 0.2) is 34.1 Å². The lowest BCUT2D eigenvalue weighted by Crippen LogP contribution is -2.38. The third kappa shape index (κ3) is 2.33. The van der Waals surface area contributed by atoms with Crippen LogP contribution in [-0.2, 0) is 11.3 Å². The highest BCUT2D eigenvalue weighted by Crippen LogP contribution is 2.36. The van der Waals surface area contributed by atoms with Crippen LogP contribution in [-0.4, -0.2) is 12.5 Å². The van der Waals surface area contributed by atoms with Crippen LogP contribution in [0.3, 0.4) is 0 Å². The van der Waals surface area contributed by atoms with E-state index in [-0.39, 0.29) is 12.5 Å². The van der Waals surface area contributed by atoms with E-state index in [9.17, 15) is 4.79 Å². The zero-order chi connectivity index (χ0) is 13.4. The van der Waals surface area contributed by atoms with Crippen molar-refractivity contribution in [2.45, 2.75) is 6.54 Å². The van der Waals surface area contributed by atoms with Gasteiger partial charge in [-0.05, 0) is 39.5 Å². The Morgan fingerprint density at radius 3 is 3.00 bits per heavy atom. The van der Waals surface area contributed by atoms with E-state index in [1.54, 1.807) is 28.4 Å². The van der Waals surface area contributed by atoms with Crippen molar-refractivity contribution < 1.29 is 9.53 Å².